The number of rotatable bonds is 11. The van der Waals surface area contributed by atoms with Crippen LogP contribution in [0.3, 0.4) is 0 Å². The number of hydrogen-bond acceptors (Lipinski definition) is 7. The maximum Gasteiger partial charge on any atom is 0.323 e. The summed E-state index contributed by atoms with van der Waals surface area (Å²) in [5, 5.41) is 15.7. The van der Waals surface area contributed by atoms with Gasteiger partial charge in [0.25, 0.3) is 0 Å². The van der Waals surface area contributed by atoms with Gasteiger partial charge in [-0.15, -0.1) is 0 Å². The first kappa shape index (κ1) is 23.8. The van der Waals surface area contributed by atoms with Gasteiger partial charge in [0.15, 0.2) is 5.78 Å². The largest absolute Gasteiger partial charge is 0.480 e. The molecule has 0 radical (unpaired) electrons. The van der Waals surface area contributed by atoms with Gasteiger partial charge in [0.2, 0.25) is 0 Å². The molecule has 0 spiro atoms. The van der Waals surface area contributed by atoms with Gasteiger partial charge in [-0.1, -0.05) is 25.7 Å². The van der Waals surface area contributed by atoms with E-state index in [-0.39, 0.29) is 30.2 Å². The molecule has 29 heavy (non-hydrogen) atoms. The quantitative estimate of drug-likeness (QED) is 0.295. The van der Waals surface area contributed by atoms with Gasteiger partial charge in [0.05, 0.1) is 18.7 Å². The lowest BCUT2D eigenvalue weighted by Crippen LogP contribution is -2.62. The molecule has 5 unspecified atom stereocenters. The minimum atomic E-state index is -0.904. The van der Waals surface area contributed by atoms with E-state index in [0.29, 0.717) is 19.4 Å². The Morgan fingerprint density at radius 2 is 1.97 bits per heavy atom. The average Bonchev–Trinajstić information content (AvgIpc) is 2.71. The van der Waals surface area contributed by atoms with Crippen LogP contribution in [0.2, 0.25) is 0 Å². The minimum Gasteiger partial charge on any atom is -0.480 e. The number of carbonyl (C=O) groups excluding carboxylic acids is 2. The van der Waals surface area contributed by atoms with Crippen molar-refractivity contribution in [2.75, 3.05) is 13.2 Å². The predicted octanol–water partition coefficient (Wildman–Crippen LogP) is 1.22. The van der Waals surface area contributed by atoms with Crippen LogP contribution in [0.15, 0.2) is 0 Å². The van der Waals surface area contributed by atoms with E-state index >= 15 is 0 Å². The van der Waals surface area contributed by atoms with Gasteiger partial charge in [-0.2, -0.15) is 0 Å². The summed E-state index contributed by atoms with van der Waals surface area (Å²) in [6, 6.07) is -2.33. The lowest BCUT2D eigenvalue weighted by Gasteiger charge is -2.44. The van der Waals surface area contributed by atoms with E-state index in [4.69, 9.17) is 10.5 Å². The van der Waals surface area contributed by atoms with Gasteiger partial charge < -0.3 is 15.6 Å². The summed E-state index contributed by atoms with van der Waals surface area (Å²) in [4.78, 5) is 37.2. The van der Waals surface area contributed by atoms with Crippen molar-refractivity contribution < 1.29 is 24.2 Å². The number of ketones is 1. The summed E-state index contributed by atoms with van der Waals surface area (Å²) in [6.07, 6.45) is 6.77. The lowest BCUT2D eigenvalue weighted by molar-refractivity contribution is -0.146. The van der Waals surface area contributed by atoms with Crippen LogP contribution in [-0.4, -0.2) is 60.1 Å². The fourth-order valence-corrected chi connectivity index (χ4v) is 4.80. The number of hydrogen-bond donors (Lipinski definition) is 4. The van der Waals surface area contributed by atoms with Crippen LogP contribution < -0.4 is 16.4 Å². The Morgan fingerprint density at radius 3 is 2.62 bits per heavy atom. The SMILES string of the molecule is CCOC(=O)C(CCCCN)N[C@@H](C)C(=O)C1NC(C(=O)O)CC2CCCCC21. The topological polar surface area (TPSA) is 131 Å². The molecule has 1 aliphatic heterocycles. The highest BCUT2D eigenvalue weighted by Gasteiger charge is 2.45. The molecule has 0 aromatic heterocycles. The number of nitrogens with one attached hydrogen (secondary N) is 2. The first-order valence-corrected chi connectivity index (χ1v) is 11.0. The Labute approximate surface area is 173 Å². The molecular formula is C21H37N3O5. The van der Waals surface area contributed by atoms with E-state index in [2.05, 4.69) is 10.6 Å². The lowest BCUT2D eigenvalue weighted by atomic mass is 9.68. The molecule has 0 amide bonds. The van der Waals surface area contributed by atoms with E-state index in [0.717, 1.165) is 38.5 Å². The number of Topliss-reactive ketones (excluding diaryl/α,β-unsaturated/α-hetero) is 1. The normalized spacial score (nSPS) is 28.8. The summed E-state index contributed by atoms with van der Waals surface area (Å²) < 4.78 is 5.16. The summed E-state index contributed by atoms with van der Waals surface area (Å²) >= 11 is 0. The zero-order valence-corrected chi connectivity index (χ0v) is 17.7. The van der Waals surface area contributed by atoms with Crippen LogP contribution in [0.4, 0.5) is 0 Å². The highest BCUT2D eigenvalue weighted by Crippen LogP contribution is 2.39. The van der Waals surface area contributed by atoms with Crippen molar-refractivity contribution in [2.45, 2.75) is 89.4 Å². The molecule has 0 aromatic carbocycles. The van der Waals surface area contributed by atoms with E-state index < -0.39 is 30.1 Å². The zero-order chi connectivity index (χ0) is 21.4. The molecule has 5 N–H and O–H groups in total. The van der Waals surface area contributed by atoms with Crippen molar-refractivity contribution >= 4 is 17.7 Å². The molecular weight excluding hydrogens is 374 g/mol. The summed E-state index contributed by atoms with van der Waals surface area (Å²) in [6.45, 7) is 4.34. The van der Waals surface area contributed by atoms with Gasteiger partial charge in [-0.25, -0.2) is 0 Å². The van der Waals surface area contributed by atoms with Gasteiger partial charge >= 0.3 is 11.9 Å². The van der Waals surface area contributed by atoms with Crippen molar-refractivity contribution in [3.8, 4) is 0 Å². The Morgan fingerprint density at radius 1 is 1.24 bits per heavy atom. The van der Waals surface area contributed by atoms with Crippen molar-refractivity contribution in [2.24, 2.45) is 17.6 Å². The van der Waals surface area contributed by atoms with Gasteiger partial charge in [-0.05, 0) is 57.9 Å². The third-order valence-electron chi connectivity index (χ3n) is 6.32. The Bertz CT molecular complexity index is 571. The molecule has 2 rings (SSSR count). The van der Waals surface area contributed by atoms with Crippen LogP contribution in [0.5, 0.6) is 0 Å². The molecule has 2 fully saturated rings. The maximum absolute atomic E-state index is 13.3. The van der Waals surface area contributed by atoms with E-state index in [1.165, 1.54) is 0 Å². The molecule has 8 heteroatoms. The Hall–Kier alpha value is -1.51. The Balaban J connectivity index is 2.07. The van der Waals surface area contributed by atoms with Crippen LogP contribution in [0.25, 0.3) is 0 Å². The number of piperidine rings is 1. The average molecular weight is 412 g/mol. The number of carboxylic acids is 1. The number of aliphatic carboxylic acids is 1. The van der Waals surface area contributed by atoms with E-state index in [1.54, 1.807) is 13.8 Å². The highest BCUT2D eigenvalue weighted by molar-refractivity contribution is 5.90. The first-order chi connectivity index (χ1) is 13.9. The second-order valence-electron chi connectivity index (χ2n) is 8.36. The number of fused-ring (bicyclic) bond motifs is 1. The summed E-state index contributed by atoms with van der Waals surface area (Å²) in [5.74, 6) is -0.911. The van der Waals surface area contributed by atoms with E-state index in [1.807, 2.05) is 0 Å². The number of carbonyl (C=O) groups is 3. The number of carboxylic acid groups (broad SMARTS) is 1. The zero-order valence-electron chi connectivity index (χ0n) is 17.7. The van der Waals surface area contributed by atoms with Crippen LogP contribution in [-0.2, 0) is 19.1 Å². The molecule has 1 saturated carbocycles. The Kier molecular flexibility index (Phi) is 9.52. The number of esters is 1. The standard InChI is InChI=1S/C21H37N3O5/c1-3-29-21(28)16(10-6-7-11-22)23-13(2)19(25)18-15-9-5-4-8-14(15)12-17(24-18)20(26)27/h13-18,23-24H,3-12,22H2,1-2H3,(H,26,27)/t13-,14?,15?,16?,17?,18?/m0/s1. The molecule has 1 saturated heterocycles. The second kappa shape index (κ2) is 11.6. The van der Waals surface area contributed by atoms with Gasteiger partial charge in [0.1, 0.15) is 12.1 Å². The molecule has 1 aliphatic carbocycles. The third-order valence-corrected chi connectivity index (χ3v) is 6.32. The second-order valence-corrected chi connectivity index (χ2v) is 8.36. The highest BCUT2D eigenvalue weighted by atomic mass is 16.5. The van der Waals surface area contributed by atoms with E-state index in [9.17, 15) is 19.5 Å². The minimum absolute atomic E-state index is 0.0685. The molecule has 6 atom stereocenters. The maximum atomic E-state index is 13.3. The fourth-order valence-electron chi connectivity index (χ4n) is 4.80. The van der Waals surface area contributed by atoms with Gasteiger partial charge in [0, 0.05) is 0 Å². The van der Waals surface area contributed by atoms with Crippen molar-refractivity contribution in [1.82, 2.24) is 10.6 Å². The monoisotopic (exact) mass is 411 g/mol. The molecule has 2 aliphatic rings. The summed E-state index contributed by atoms with van der Waals surface area (Å²) in [7, 11) is 0. The van der Waals surface area contributed by atoms with Gasteiger partial charge in [-0.3, -0.25) is 25.0 Å². The van der Waals surface area contributed by atoms with Crippen molar-refractivity contribution in [1.29, 1.82) is 0 Å². The fraction of sp³-hybridized carbons (Fsp3) is 0.857. The molecule has 1 heterocycles. The number of unbranched alkanes of at least 4 members (excludes halogenated alkanes) is 1. The number of ether oxygens (including phenoxy) is 1. The van der Waals surface area contributed by atoms with Crippen LogP contribution >= 0.6 is 0 Å². The van der Waals surface area contributed by atoms with Crippen LogP contribution in [0, 0.1) is 11.8 Å². The first-order valence-electron chi connectivity index (χ1n) is 11.0. The molecule has 166 valence electrons. The van der Waals surface area contributed by atoms with Crippen LogP contribution in [0.1, 0.15) is 65.2 Å². The third kappa shape index (κ3) is 6.49. The molecule has 0 bridgehead atoms. The van der Waals surface area contributed by atoms with Crippen molar-refractivity contribution in [3.05, 3.63) is 0 Å². The van der Waals surface area contributed by atoms with Crippen molar-refractivity contribution in [3.63, 3.8) is 0 Å². The summed E-state index contributed by atoms with van der Waals surface area (Å²) in [5.41, 5.74) is 5.55. The molecule has 0 aromatic rings. The molecule has 8 nitrogen and oxygen atoms in total. The predicted molar refractivity (Wildman–Crippen MR) is 109 cm³/mol. The smallest absolute Gasteiger partial charge is 0.323 e. The number of nitrogens with two attached hydrogens (primary N) is 1.